The summed E-state index contributed by atoms with van der Waals surface area (Å²) in [6.07, 6.45) is 0. The lowest BCUT2D eigenvalue weighted by Crippen LogP contribution is -2.30. The maximum Gasteiger partial charge on any atom is 0.332 e. The normalized spacial score (nSPS) is 14.7. The van der Waals surface area contributed by atoms with Crippen molar-refractivity contribution in [3.05, 3.63) is 239 Å². The largest absolute Gasteiger partial charge is 0.403 e. The molecular formula is C70H37N7O9. The summed E-state index contributed by atoms with van der Waals surface area (Å²) >= 11 is 0. The Bertz CT molecular complexity index is 5390. The number of rotatable bonds is 8. The van der Waals surface area contributed by atoms with Gasteiger partial charge in [0.2, 0.25) is 5.89 Å². The molecule has 0 N–H and O–H groups in total. The van der Waals surface area contributed by atoms with Crippen LogP contribution in [-0.2, 0) is 6.54 Å². The Morgan fingerprint density at radius 1 is 0.349 bits per heavy atom. The predicted octanol–water partition coefficient (Wildman–Crippen LogP) is 13.3. The van der Waals surface area contributed by atoms with Crippen LogP contribution in [0.5, 0.6) is 0 Å². The van der Waals surface area contributed by atoms with Crippen LogP contribution in [-0.4, -0.2) is 62.0 Å². The number of fused-ring (bicyclic) bond motifs is 7. The maximum atomic E-state index is 15.0. The van der Waals surface area contributed by atoms with E-state index in [1.807, 2.05) is 72.8 Å². The van der Waals surface area contributed by atoms with Gasteiger partial charge in [-0.25, -0.2) is 14.7 Å². The molecule has 86 heavy (non-hydrogen) atoms. The van der Waals surface area contributed by atoms with E-state index >= 15 is 4.79 Å². The molecule has 16 heteroatoms. The summed E-state index contributed by atoms with van der Waals surface area (Å²) in [5.74, 6) is -4.50. The molecule has 0 saturated carbocycles. The lowest BCUT2D eigenvalue weighted by atomic mass is 9.92. The van der Waals surface area contributed by atoms with Crippen molar-refractivity contribution < 1.29 is 42.8 Å². The number of aromatic nitrogens is 3. The van der Waals surface area contributed by atoms with Crippen LogP contribution in [0.2, 0.25) is 0 Å². The van der Waals surface area contributed by atoms with Gasteiger partial charge in [0.1, 0.15) is 0 Å². The fourth-order valence-electron chi connectivity index (χ4n) is 13.4. The van der Waals surface area contributed by atoms with Crippen molar-refractivity contribution in [1.29, 1.82) is 0 Å². The number of carbonyl (C=O) groups excluding carboxylic acids is 8. The molecule has 6 heterocycles. The van der Waals surface area contributed by atoms with Gasteiger partial charge in [0.05, 0.1) is 61.6 Å². The second kappa shape index (κ2) is 17.5. The molecule has 0 aliphatic carbocycles. The Hall–Kier alpha value is -12.0. The first kappa shape index (κ1) is 48.6. The average Bonchev–Trinajstić information content (AvgIpc) is 1.27. The van der Waals surface area contributed by atoms with Gasteiger partial charge >= 0.3 is 6.01 Å². The Labute approximate surface area is 485 Å². The zero-order chi connectivity index (χ0) is 58.1. The van der Waals surface area contributed by atoms with Crippen molar-refractivity contribution in [2.24, 2.45) is 0 Å². The highest BCUT2D eigenvalue weighted by Gasteiger charge is 2.45. The molecule has 16 nitrogen and oxygen atoms in total. The zero-order valence-corrected chi connectivity index (χ0v) is 45.0. The number of para-hydroxylation sites is 1. The van der Waals surface area contributed by atoms with E-state index in [4.69, 9.17) is 4.42 Å². The quantitative estimate of drug-likeness (QED) is 0.104. The SMILES string of the molecule is CCn1c2ccccc2c2cc(N3C(=O)c4ccc(-c5cccc6c5C(=O)N(c5ccc7ccc8c(N9C(=O)c%10ccc(-c%11cccc%12c%11C(=O)N(c%11nnc(-c%13ccccc%13)o%11)C%12=O)cc%10C9=O)ccc9ccc5c7c98)C6=O)cc4C3=O)ccc21. The molecule has 0 saturated heterocycles. The Morgan fingerprint density at radius 2 is 0.849 bits per heavy atom. The van der Waals surface area contributed by atoms with Gasteiger partial charge in [0.25, 0.3) is 47.3 Å². The van der Waals surface area contributed by atoms with E-state index in [0.717, 1.165) is 53.8 Å². The number of nitrogens with zero attached hydrogens (tertiary/aromatic N) is 7. The summed E-state index contributed by atoms with van der Waals surface area (Å²) < 4.78 is 8.01. The van der Waals surface area contributed by atoms with E-state index in [0.29, 0.717) is 66.4 Å². The zero-order valence-electron chi connectivity index (χ0n) is 45.0. The second-order valence-electron chi connectivity index (χ2n) is 21.6. The summed E-state index contributed by atoms with van der Waals surface area (Å²) in [7, 11) is 0. The van der Waals surface area contributed by atoms with Gasteiger partial charge in [-0.05, 0) is 136 Å². The summed E-state index contributed by atoms with van der Waals surface area (Å²) in [5, 5.41) is 14.1. The molecule has 13 aromatic rings. The standard InChI is InChI=1S/C70H37N7O9/c1-2-73-53-17-7-6-12-43(53)50-34-40(24-31-54(50)73)74-62(78)44-25-20-38(32-51(44)66(74)82)41-13-8-15-48-59(41)68(84)76(64(48)80)56-30-23-36-18-27-46-55(29-22-35-19-28-47(56)58(36)57(35)46)75-63(79)45-26-21-39(33-52(45)67(75)83)42-14-9-16-49-60(42)69(85)77(65(49)81)70-72-71-61(86-70)37-10-4-3-5-11-37/h3-34H,2H2,1H3. The van der Waals surface area contributed by atoms with E-state index < -0.39 is 47.3 Å². The van der Waals surface area contributed by atoms with Gasteiger partial charge in [0.15, 0.2) is 0 Å². The van der Waals surface area contributed by atoms with Crippen molar-refractivity contribution in [2.45, 2.75) is 13.5 Å². The van der Waals surface area contributed by atoms with Crippen LogP contribution in [0.1, 0.15) is 89.8 Å². The molecule has 0 bridgehead atoms. The number of imide groups is 4. The topological polar surface area (TPSA) is 193 Å². The molecular weight excluding hydrogens is 1080 g/mol. The molecule has 17 rings (SSSR count). The number of aryl methyl sites for hydroxylation is 1. The Morgan fingerprint density at radius 3 is 1.48 bits per heavy atom. The predicted molar refractivity (Wildman–Crippen MR) is 323 cm³/mol. The van der Waals surface area contributed by atoms with Gasteiger partial charge < -0.3 is 8.98 Å². The Balaban J connectivity index is 0.689. The van der Waals surface area contributed by atoms with Crippen molar-refractivity contribution in [1.82, 2.24) is 14.8 Å². The van der Waals surface area contributed by atoms with E-state index in [2.05, 4.69) is 27.8 Å². The van der Waals surface area contributed by atoms with Gasteiger partial charge in [-0.2, -0.15) is 4.90 Å². The number of amides is 8. The monoisotopic (exact) mass is 1120 g/mol. The molecule has 4 aliphatic rings. The summed E-state index contributed by atoms with van der Waals surface area (Å²) in [6.45, 7) is 2.81. The highest BCUT2D eigenvalue weighted by molar-refractivity contribution is 6.42. The van der Waals surface area contributed by atoms with E-state index in [-0.39, 0.29) is 56.4 Å². The first-order valence-electron chi connectivity index (χ1n) is 27.7. The first-order valence-corrected chi connectivity index (χ1v) is 27.7. The van der Waals surface area contributed by atoms with Gasteiger partial charge in [-0.15, -0.1) is 5.10 Å². The molecule has 11 aromatic carbocycles. The number of anilines is 4. The smallest absolute Gasteiger partial charge is 0.332 e. The molecule has 2 aromatic heterocycles. The van der Waals surface area contributed by atoms with Crippen LogP contribution in [0.25, 0.3) is 87.8 Å². The third-order valence-corrected chi connectivity index (χ3v) is 17.3. The average molecular weight is 1120 g/mol. The minimum Gasteiger partial charge on any atom is -0.403 e. The highest BCUT2D eigenvalue weighted by atomic mass is 16.4. The Kier molecular flexibility index (Phi) is 9.90. The van der Waals surface area contributed by atoms with E-state index in [9.17, 15) is 33.6 Å². The lowest BCUT2D eigenvalue weighted by molar-refractivity contribution is 0.0904. The molecule has 0 unspecified atom stereocenters. The van der Waals surface area contributed by atoms with Crippen molar-refractivity contribution >= 4 is 124 Å². The summed E-state index contributed by atoms with van der Waals surface area (Å²) in [4.78, 5) is 120. The number of benzene rings is 11. The molecule has 4 aliphatic heterocycles. The second-order valence-corrected chi connectivity index (χ2v) is 21.6. The van der Waals surface area contributed by atoms with E-state index in [1.165, 1.54) is 17.0 Å². The van der Waals surface area contributed by atoms with Crippen LogP contribution in [0.4, 0.5) is 23.1 Å². The van der Waals surface area contributed by atoms with Crippen molar-refractivity contribution in [3.8, 4) is 33.7 Å². The van der Waals surface area contributed by atoms with Crippen molar-refractivity contribution in [3.63, 3.8) is 0 Å². The van der Waals surface area contributed by atoms with Crippen molar-refractivity contribution in [2.75, 3.05) is 19.6 Å². The van der Waals surface area contributed by atoms with Crippen LogP contribution in [0, 0.1) is 0 Å². The molecule has 0 spiro atoms. The number of hydrogen-bond acceptors (Lipinski definition) is 11. The minimum absolute atomic E-state index is 0.0726. The van der Waals surface area contributed by atoms with E-state index in [1.54, 1.807) is 103 Å². The lowest BCUT2D eigenvalue weighted by Gasteiger charge is -2.22. The minimum atomic E-state index is -0.693. The highest BCUT2D eigenvalue weighted by Crippen LogP contribution is 2.47. The summed E-state index contributed by atoms with van der Waals surface area (Å²) in [5.41, 5.74) is 6.46. The molecule has 0 fully saturated rings. The van der Waals surface area contributed by atoms with Gasteiger partial charge in [-0.3, -0.25) is 38.4 Å². The third-order valence-electron chi connectivity index (χ3n) is 17.3. The fraction of sp³-hybridized carbons (Fsp3) is 0.0286. The molecule has 0 radical (unpaired) electrons. The van der Waals surface area contributed by atoms with Crippen LogP contribution in [0.3, 0.4) is 0 Å². The van der Waals surface area contributed by atoms with Crippen LogP contribution in [0.15, 0.2) is 199 Å². The van der Waals surface area contributed by atoms with Gasteiger partial charge in [-0.1, -0.05) is 114 Å². The summed E-state index contributed by atoms with van der Waals surface area (Å²) in [6, 6.07) is 56.2. The molecule has 8 amide bonds. The maximum absolute atomic E-state index is 15.0. The fourth-order valence-corrected chi connectivity index (χ4v) is 13.4. The number of hydrogen-bond donors (Lipinski definition) is 0. The molecule has 0 atom stereocenters. The van der Waals surface area contributed by atoms with Crippen LogP contribution >= 0.6 is 0 Å². The number of carbonyl (C=O) groups is 8. The third kappa shape index (κ3) is 6.45. The molecule has 406 valence electrons. The van der Waals surface area contributed by atoms with Gasteiger partial charge in [0, 0.05) is 44.7 Å². The van der Waals surface area contributed by atoms with Crippen LogP contribution < -0.4 is 19.6 Å². The first-order chi connectivity index (χ1) is 42.0.